The van der Waals surface area contributed by atoms with Crippen molar-refractivity contribution in [2.45, 2.75) is 27.7 Å². The van der Waals surface area contributed by atoms with Crippen LogP contribution in [0.2, 0.25) is 0 Å². The van der Waals surface area contributed by atoms with E-state index in [9.17, 15) is 4.79 Å². The fourth-order valence-electron chi connectivity index (χ4n) is 1.27. The molecule has 1 amide bonds. The van der Waals surface area contributed by atoms with Crippen LogP contribution < -0.4 is 5.73 Å². The minimum atomic E-state index is -0.542. The van der Waals surface area contributed by atoms with Gasteiger partial charge in [0.15, 0.2) is 0 Å². The minimum Gasteiger partial charge on any atom is -0.410 e. The fourth-order valence-corrected chi connectivity index (χ4v) is 3.45. The Morgan fingerprint density at radius 2 is 2.06 bits per heavy atom. The summed E-state index contributed by atoms with van der Waals surface area (Å²) in [6, 6.07) is 0. The van der Waals surface area contributed by atoms with E-state index < -0.39 is 11.8 Å². The molecular formula is C10H20N2O2S2. The van der Waals surface area contributed by atoms with E-state index in [1.54, 1.807) is 11.8 Å². The minimum absolute atomic E-state index is 0.336. The van der Waals surface area contributed by atoms with Gasteiger partial charge in [0.1, 0.15) is 5.04 Å². The van der Waals surface area contributed by atoms with Crippen molar-refractivity contribution in [3.63, 3.8) is 0 Å². The first kappa shape index (κ1) is 15.6. The second kappa shape index (κ2) is 7.06. The maximum atomic E-state index is 11.4. The molecule has 16 heavy (non-hydrogen) atoms. The van der Waals surface area contributed by atoms with E-state index in [1.807, 2.05) is 20.8 Å². The van der Waals surface area contributed by atoms with Crippen molar-refractivity contribution in [1.29, 1.82) is 0 Å². The van der Waals surface area contributed by atoms with Crippen LogP contribution in [0, 0.1) is 11.3 Å². The van der Waals surface area contributed by atoms with Crippen LogP contribution in [0.25, 0.3) is 0 Å². The Labute approximate surface area is 105 Å². The fraction of sp³-hybridized carbons (Fsp3) is 0.800. The van der Waals surface area contributed by atoms with Gasteiger partial charge in [-0.1, -0.05) is 44.6 Å². The maximum absolute atomic E-state index is 11.4. The van der Waals surface area contributed by atoms with Crippen LogP contribution in [0.5, 0.6) is 0 Å². The van der Waals surface area contributed by atoms with Gasteiger partial charge in [0, 0.05) is 5.08 Å². The van der Waals surface area contributed by atoms with E-state index in [4.69, 9.17) is 10.9 Å². The molecule has 0 aromatic rings. The van der Waals surface area contributed by atoms with Crippen molar-refractivity contribution in [1.82, 2.24) is 0 Å². The Balaban J connectivity index is 4.69. The highest BCUT2D eigenvalue weighted by Crippen LogP contribution is 2.32. The summed E-state index contributed by atoms with van der Waals surface area (Å²) < 4.78 is 0. The molecule has 0 aromatic heterocycles. The van der Waals surface area contributed by atoms with Crippen molar-refractivity contribution in [3.8, 4) is 0 Å². The monoisotopic (exact) mass is 264 g/mol. The molecule has 0 rings (SSSR count). The van der Waals surface area contributed by atoms with Crippen LogP contribution in [0.4, 0.5) is 0 Å². The van der Waals surface area contributed by atoms with Crippen LogP contribution in [0.3, 0.4) is 0 Å². The largest absolute Gasteiger partial charge is 0.410 e. The molecule has 0 bridgehead atoms. The molecule has 1 unspecified atom stereocenters. The van der Waals surface area contributed by atoms with Crippen molar-refractivity contribution >= 4 is 34.5 Å². The lowest BCUT2D eigenvalue weighted by Gasteiger charge is -2.27. The highest BCUT2D eigenvalue weighted by Gasteiger charge is 2.35. The summed E-state index contributed by atoms with van der Waals surface area (Å²) in [7, 11) is 0. The molecule has 94 valence electrons. The van der Waals surface area contributed by atoms with Gasteiger partial charge in [-0.2, -0.15) is 11.8 Å². The van der Waals surface area contributed by atoms with Crippen molar-refractivity contribution in [2.24, 2.45) is 22.2 Å². The number of oxime groups is 1. The first-order valence-electron chi connectivity index (χ1n) is 5.06. The average Bonchev–Trinajstić information content (AvgIpc) is 2.13. The zero-order valence-corrected chi connectivity index (χ0v) is 11.8. The third-order valence-corrected chi connectivity index (χ3v) is 4.15. The summed E-state index contributed by atoms with van der Waals surface area (Å²) in [4.78, 5) is 11.4. The van der Waals surface area contributed by atoms with Gasteiger partial charge in [-0.25, -0.2) is 0 Å². The second-order valence-corrected chi connectivity index (χ2v) is 7.03. The maximum Gasteiger partial charge on any atom is 0.227 e. The van der Waals surface area contributed by atoms with E-state index in [0.29, 0.717) is 5.04 Å². The van der Waals surface area contributed by atoms with Crippen LogP contribution in [-0.2, 0) is 4.79 Å². The molecule has 0 aliphatic heterocycles. The van der Waals surface area contributed by atoms with Crippen LogP contribution in [0.1, 0.15) is 27.7 Å². The smallest absolute Gasteiger partial charge is 0.227 e. The molecule has 0 radical (unpaired) electrons. The van der Waals surface area contributed by atoms with Crippen LogP contribution in [0.15, 0.2) is 5.16 Å². The van der Waals surface area contributed by atoms with Crippen molar-refractivity contribution < 1.29 is 10.0 Å². The summed E-state index contributed by atoms with van der Waals surface area (Å²) >= 11 is 3.08. The normalized spacial score (nSPS) is 14.9. The van der Waals surface area contributed by atoms with Crippen molar-refractivity contribution in [2.75, 3.05) is 10.8 Å². The topological polar surface area (TPSA) is 75.7 Å². The highest BCUT2D eigenvalue weighted by atomic mass is 32.2. The van der Waals surface area contributed by atoms with E-state index in [1.165, 1.54) is 11.8 Å². The number of thioether (sulfide) groups is 2. The predicted molar refractivity (Wildman–Crippen MR) is 72.0 cm³/mol. The first-order chi connectivity index (χ1) is 7.34. The predicted octanol–water partition coefficient (Wildman–Crippen LogP) is 2.37. The lowest BCUT2D eigenvalue weighted by Crippen LogP contribution is -2.38. The number of nitrogens with zero attached hydrogens (tertiary/aromatic N) is 1. The molecule has 1 atom stereocenters. The number of hydrogen-bond donors (Lipinski definition) is 2. The Hall–Kier alpha value is -0.360. The molecule has 4 nitrogen and oxygen atoms in total. The molecule has 0 aliphatic rings. The van der Waals surface area contributed by atoms with E-state index in [2.05, 4.69) is 12.1 Å². The van der Waals surface area contributed by atoms with Gasteiger partial charge in [0.25, 0.3) is 0 Å². The van der Waals surface area contributed by atoms with Gasteiger partial charge in [0.2, 0.25) is 5.91 Å². The van der Waals surface area contributed by atoms with Gasteiger partial charge in [0.05, 0.1) is 5.92 Å². The summed E-state index contributed by atoms with van der Waals surface area (Å²) in [5.41, 5.74) is 5.02. The lowest BCUT2D eigenvalue weighted by atomic mass is 9.81. The highest BCUT2D eigenvalue weighted by molar-refractivity contribution is 8.24. The number of amides is 1. The number of rotatable bonds is 5. The molecule has 0 saturated heterocycles. The van der Waals surface area contributed by atoms with Crippen LogP contribution >= 0.6 is 23.5 Å². The molecule has 0 aliphatic carbocycles. The van der Waals surface area contributed by atoms with Crippen LogP contribution in [-0.4, -0.2) is 27.0 Å². The van der Waals surface area contributed by atoms with E-state index in [-0.39, 0.29) is 5.41 Å². The first-order valence-corrected chi connectivity index (χ1v) is 7.20. The molecule has 6 heteroatoms. The van der Waals surface area contributed by atoms with Crippen molar-refractivity contribution in [3.05, 3.63) is 0 Å². The van der Waals surface area contributed by atoms with E-state index >= 15 is 0 Å². The molecule has 0 saturated carbocycles. The second-order valence-electron chi connectivity index (χ2n) is 4.39. The third-order valence-electron chi connectivity index (χ3n) is 1.99. The summed E-state index contributed by atoms with van der Waals surface area (Å²) in [5.74, 6) is -0.00287. The SMILES string of the molecule is CCSCSC(=NO)C(C(N)=O)C(C)(C)C. The molecular weight excluding hydrogens is 244 g/mol. The summed E-state index contributed by atoms with van der Waals surface area (Å²) in [5, 5.41) is 13.3. The zero-order valence-electron chi connectivity index (χ0n) is 10.2. The quantitative estimate of drug-likeness (QED) is 0.200. The summed E-state index contributed by atoms with van der Waals surface area (Å²) in [6.45, 7) is 7.76. The third kappa shape index (κ3) is 5.12. The Kier molecular flexibility index (Phi) is 6.90. The number of primary amides is 1. The van der Waals surface area contributed by atoms with Gasteiger partial charge < -0.3 is 10.9 Å². The lowest BCUT2D eigenvalue weighted by molar-refractivity contribution is -0.122. The average molecular weight is 264 g/mol. The Morgan fingerprint density at radius 1 is 1.50 bits per heavy atom. The Morgan fingerprint density at radius 3 is 2.38 bits per heavy atom. The number of carbonyl (C=O) groups is 1. The number of hydrogen-bond acceptors (Lipinski definition) is 5. The van der Waals surface area contributed by atoms with Gasteiger partial charge >= 0.3 is 0 Å². The van der Waals surface area contributed by atoms with E-state index in [0.717, 1.165) is 10.8 Å². The molecule has 0 heterocycles. The standard InChI is InChI=1S/C10H20N2O2S2/c1-5-15-6-16-9(12-14)7(8(11)13)10(2,3)4/h7,14H,5-6H2,1-4H3,(H2,11,13). The number of nitrogens with two attached hydrogens (primary N) is 1. The summed E-state index contributed by atoms with van der Waals surface area (Å²) in [6.07, 6.45) is 0. The van der Waals surface area contributed by atoms with Gasteiger partial charge in [-0.3, -0.25) is 4.79 Å². The Bertz CT molecular complexity index is 262. The van der Waals surface area contributed by atoms with Gasteiger partial charge in [-0.05, 0) is 11.2 Å². The molecule has 3 N–H and O–H groups in total. The van der Waals surface area contributed by atoms with Gasteiger partial charge in [-0.15, -0.1) is 0 Å². The zero-order chi connectivity index (χ0) is 12.8. The number of carbonyl (C=O) groups excluding carboxylic acids is 1. The molecule has 0 spiro atoms. The molecule has 0 aromatic carbocycles. The molecule has 0 fully saturated rings.